The largest absolute Gasteiger partial charge is 0.317 e. The zero-order valence-corrected chi connectivity index (χ0v) is 8.32. The predicted molar refractivity (Wildman–Crippen MR) is 53.1 cm³/mol. The molecule has 2 aliphatic rings. The lowest BCUT2D eigenvalue weighted by molar-refractivity contribution is 0.359. The maximum absolute atomic E-state index is 4.25. The van der Waals surface area contributed by atoms with Crippen LogP contribution in [-0.2, 0) is 0 Å². The van der Waals surface area contributed by atoms with Crippen molar-refractivity contribution in [1.29, 1.82) is 0 Å². The third kappa shape index (κ3) is 1.43. The van der Waals surface area contributed by atoms with Crippen LogP contribution in [0.2, 0.25) is 0 Å². The summed E-state index contributed by atoms with van der Waals surface area (Å²) in [6, 6.07) is 0.641. The summed E-state index contributed by atoms with van der Waals surface area (Å²) in [5.41, 5.74) is 0. The fourth-order valence-corrected chi connectivity index (χ4v) is 2.25. The first-order valence-corrected chi connectivity index (χ1v) is 5.55. The van der Waals surface area contributed by atoms with E-state index in [1.165, 1.54) is 31.5 Å². The van der Waals surface area contributed by atoms with Crippen molar-refractivity contribution in [2.45, 2.75) is 37.6 Å². The Labute approximate surface area is 83.7 Å². The molecule has 0 amide bonds. The van der Waals surface area contributed by atoms with Gasteiger partial charge in [-0.2, -0.15) is 0 Å². The highest BCUT2D eigenvalue weighted by molar-refractivity contribution is 5.06. The van der Waals surface area contributed by atoms with Gasteiger partial charge in [0.15, 0.2) is 0 Å². The number of piperidine rings is 1. The smallest absolute Gasteiger partial charge is 0.136 e. The lowest BCUT2D eigenvalue weighted by Crippen LogP contribution is -2.29. The topological polar surface area (TPSA) is 42.7 Å². The van der Waals surface area contributed by atoms with E-state index in [4.69, 9.17) is 0 Å². The van der Waals surface area contributed by atoms with Gasteiger partial charge in [0.2, 0.25) is 0 Å². The SMILES string of the molecule is c1nnc(C2CC2)n1C1CCNCC1. The van der Waals surface area contributed by atoms with Crippen molar-refractivity contribution in [3.63, 3.8) is 0 Å². The third-order valence-corrected chi connectivity index (χ3v) is 3.25. The maximum Gasteiger partial charge on any atom is 0.136 e. The van der Waals surface area contributed by atoms with E-state index in [2.05, 4.69) is 20.1 Å². The molecule has 4 heteroatoms. The van der Waals surface area contributed by atoms with E-state index in [1.54, 1.807) is 0 Å². The molecule has 2 fully saturated rings. The van der Waals surface area contributed by atoms with Crippen molar-refractivity contribution in [2.24, 2.45) is 0 Å². The van der Waals surface area contributed by atoms with Crippen LogP contribution >= 0.6 is 0 Å². The van der Waals surface area contributed by atoms with Gasteiger partial charge in [0.05, 0.1) is 0 Å². The summed E-state index contributed by atoms with van der Waals surface area (Å²) < 4.78 is 2.32. The van der Waals surface area contributed by atoms with E-state index in [0.29, 0.717) is 12.0 Å². The molecular formula is C10H16N4. The number of nitrogens with zero attached hydrogens (tertiary/aromatic N) is 3. The zero-order chi connectivity index (χ0) is 9.38. The molecule has 3 rings (SSSR count). The first-order valence-electron chi connectivity index (χ1n) is 5.55. The molecule has 0 unspecified atom stereocenters. The Kier molecular flexibility index (Phi) is 2.01. The summed E-state index contributed by atoms with van der Waals surface area (Å²) in [6.07, 6.45) is 6.98. The van der Waals surface area contributed by atoms with E-state index < -0.39 is 0 Å². The molecule has 76 valence electrons. The molecule has 1 saturated heterocycles. The van der Waals surface area contributed by atoms with Crippen molar-refractivity contribution in [3.05, 3.63) is 12.2 Å². The van der Waals surface area contributed by atoms with E-state index in [9.17, 15) is 0 Å². The second-order valence-electron chi connectivity index (χ2n) is 4.35. The summed E-state index contributed by atoms with van der Waals surface area (Å²) in [7, 11) is 0. The number of rotatable bonds is 2. The van der Waals surface area contributed by atoms with Gasteiger partial charge in [-0.1, -0.05) is 0 Å². The second-order valence-corrected chi connectivity index (χ2v) is 4.35. The van der Waals surface area contributed by atoms with Crippen LogP contribution in [0.5, 0.6) is 0 Å². The van der Waals surface area contributed by atoms with Gasteiger partial charge in [-0.05, 0) is 38.8 Å². The molecule has 1 N–H and O–H groups in total. The van der Waals surface area contributed by atoms with Crippen LogP contribution in [0.25, 0.3) is 0 Å². The van der Waals surface area contributed by atoms with Crippen molar-refractivity contribution in [2.75, 3.05) is 13.1 Å². The summed E-state index contributed by atoms with van der Waals surface area (Å²) in [4.78, 5) is 0. The Morgan fingerprint density at radius 1 is 1.21 bits per heavy atom. The monoisotopic (exact) mass is 192 g/mol. The first-order chi connectivity index (χ1) is 6.95. The van der Waals surface area contributed by atoms with Gasteiger partial charge in [0, 0.05) is 12.0 Å². The number of aromatic nitrogens is 3. The van der Waals surface area contributed by atoms with Crippen LogP contribution in [0.1, 0.15) is 43.5 Å². The summed E-state index contributed by atoms with van der Waals surface area (Å²) in [6.45, 7) is 2.26. The summed E-state index contributed by atoms with van der Waals surface area (Å²) >= 11 is 0. The molecule has 1 aromatic heterocycles. The Morgan fingerprint density at radius 3 is 2.71 bits per heavy atom. The van der Waals surface area contributed by atoms with Gasteiger partial charge < -0.3 is 9.88 Å². The molecule has 1 aliphatic carbocycles. The van der Waals surface area contributed by atoms with Gasteiger partial charge in [-0.25, -0.2) is 0 Å². The van der Waals surface area contributed by atoms with Gasteiger partial charge >= 0.3 is 0 Å². The fourth-order valence-electron chi connectivity index (χ4n) is 2.25. The van der Waals surface area contributed by atoms with Crippen LogP contribution in [-0.4, -0.2) is 27.9 Å². The van der Waals surface area contributed by atoms with E-state index in [1.807, 2.05) is 6.33 Å². The van der Waals surface area contributed by atoms with Gasteiger partial charge in [0.1, 0.15) is 12.2 Å². The minimum absolute atomic E-state index is 0.641. The average Bonchev–Trinajstić information content (AvgIpc) is 2.98. The predicted octanol–water partition coefficient (Wildman–Crippen LogP) is 1.08. The Morgan fingerprint density at radius 2 is 2.00 bits per heavy atom. The van der Waals surface area contributed by atoms with Crippen molar-refractivity contribution >= 4 is 0 Å². The Bertz CT molecular complexity index is 310. The maximum atomic E-state index is 4.25. The van der Waals surface area contributed by atoms with Crippen molar-refractivity contribution in [1.82, 2.24) is 20.1 Å². The van der Waals surface area contributed by atoms with Gasteiger partial charge in [0.25, 0.3) is 0 Å². The molecule has 1 aliphatic heterocycles. The van der Waals surface area contributed by atoms with Crippen LogP contribution in [0.4, 0.5) is 0 Å². The van der Waals surface area contributed by atoms with Crippen LogP contribution in [0.15, 0.2) is 6.33 Å². The van der Waals surface area contributed by atoms with Crippen molar-refractivity contribution < 1.29 is 0 Å². The molecule has 4 nitrogen and oxygen atoms in total. The molecule has 2 heterocycles. The van der Waals surface area contributed by atoms with E-state index in [-0.39, 0.29) is 0 Å². The molecular weight excluding hydrogens is 176 g/mol. The molecule has 0 spiro atoms. The molecule has 0 radical (unpaired) electrons. The number of nitrogens with one attached hydrogen (secondary N) is 1. The van der Waals surface area contributed by atoms with Gasteiger partial charge in [-0.15, -0.1) is 10.2 Å². The second kappa shape index (κ2) is 3.35. The fraction of sp³-hybridized carbons (Fsp3) is 0.800. The lowest BCUT2D eigenvalue weighted by atomic mass is 10.1. The highest BCUT2D eigenvalue weighted by atomic mass is 15.3. The van der Waals surface area contributed by atoms with Crippen LogP contribution in [0.3, 0.4) is 0 Å². The summed E-state index contributed by atoms with van der Waals surface area (Å²) in [5.74, 6) is 1.95. The first kappa shape index (κ1) is 8.41. The Hall–Kier alpha value is -0.900. The molecule has 1 saturated carbocycles. The molecule has 1 aromatic rings. The quantitative estimate of drug-likeness (QED) is 0.762. The molecule has 0 aromatic carbocycles. The minimum atomic E-state index is 0.641. The molecule has 0 bridgehead atoms. The lowest BCUT2D eigenvalue weighted by Gasteiger charge is -2.24. The highest BCUT2D eigenvalue weighted by Gasteiger charge is 2.30. The number of hydrogen-bond donors (Lipinski definition) is 1. The highest BCUT2D eigenvalue weighted by Crippen LogP contribution is 2.40. The normalized spacial score (nSPS) is 24.0. The van der Waals surface area contributed by atoms with Crippen molar-refractivity contribution in [3.8, 4) is 0 Å². The standard InChI is InChI=1S/C10H16N4/c1-2-8(1)10-13-12-7-14(10)9-3-5-11-6-4-9/h7-9,11H,1-6H2. The molecule has 14 heavy (non-hydrogen) atoms. The summed E-state index contributed by atoms with van der Waals surface area (Å²) in [5, 5.41) is 11.7. The zero-order valence-electron chi connectivity index (χ0n) is 8.32. The van der Waals surface area contributed by atoms with Crippen LogP contribution in [0, 0.1) is 0 Å². The average molecular weight is 192 g/mol. The van der Waals surface area contributed by atoms with E-state index >= 15 is 0 Å². The Balaban J connectivity index is 1.82. The number of hydrogen-bond acceptors (Lipinski definition) is 3. The van der Waals surface area contributed by atoms with Crippen LogP contribution < -0.4 is 5.32 Å². The minimum Gasteiger partial charge on any atom is -0.317 e. The van der Waals surface area contributed by atoms with E-state index in [0.717, 1.165) is 13.1 Å². The molecule has 0 atom stereocenters. The van der Waals surface area contributed by atoms with Gasteiger partial charge in [-0.3, -0.25) is 0 Å². The third-order valence-electron chi connectivity index (χ3n) is 3.25.